The Kier molecular flexibility index (Phi) is 14.6. The first-order valence-corrected chi connectivity index (χ1v) is 19.0. The number of rotatable bonds is 13. The Morgan fingerprint density at radius 3 is 2.00 bits per heavy atom. The molecule has 1 saturated heterocycles. The van der Waals surface area contributed by atoms with Gasteiger partial charge in [0.05, 0.1) is 6.26 Å². The molecule has 0 aromatic rings. The molecule has 2 rings (SSSR count). The molecule has 0 unspecified atom stereocenters. The summed E-state index contributed by atoms with van der Waals surface area (Å²) in [6.07, 6.45) is 0.857. The Balaban J connectivity index is 2.40. The van der Waals surface area contributed by atoms with Gasteiger partial charge in [0.15, 0.2) is 0 Å². The zero-order valence-electron chi connectivity index (χ0n) is 31.2. The molecule has 12 nitrogen and oxygen atoms in total. The van der Waals surface area contributed by atoms with Gasteiger partial charge in [-0.15, -0.1) is 0 Å². The largest absolute Gasteiger partial charge is 0.352 e. The Hall–Kier alpha value is -2.81. The van der Waals surface area contributed by atoms with E-state index in [4.69, 9.17) is 0 Å². The van der Waals surface area contributed by atoms with Crippen molar-refractivity contribution in [2.45, 2.75) is 137 Å². The van der Waals surface area contributed by atoms with Gasteiger partial charge in [-0.05, 0) is 48.5 Å². The number of urea groups is 1. The maximum atomic E-state index is 14.4. The summed E-state index contributed by atoms with van der Waals surface area (Å²) in [6.45, 7) is 16.9. The molecule has 0 aromatic carbocycles. The molecular weight excluding hydrogens is 658 g/mol. The van der Waals surface area contributed by atoms with Crippen LogP contribution in [0.4, 0.5) is 13.6 Å². The van der Waals surface area contributed by atoms with Gasteiger partial charge in [-0.25, -0.2) is 26.3 Å². The fourth-order valence-electron chi connectivity index (χ4n) is 6.01. The number of likely N-dealkylation sites (tertiary alicyclic amines) is 1. The summed E-state index contributed by atoms with van der Waals surface area (Å²) in [5, 5.41) is 10.9. The summed E-state index contributed by atoms with van der Waals surface area (Å²) in [4.78, 5) is 56.2. The predicted octanol–water partition coefficient (Wildman–Crippen LogP) is 3.78. The molecular formula is C34H60F2N6O6S. The summed E-state index contributed by atoms with van der Waals surface area (Å²) < 4.78 is 52.6. The van der Waals surface area contributed by atoms with Crippen LogP contribution in [0.2, 0.25) is 0 Å². The minimum atomic E-state index is -3.53. The summed E-state index contributed by atoms with van der Waals surface area (Å²) in [6, 6.07) is -5.16. The van der Waals surface area contributed by atoms with Gasteiger partial charge in [-0.1, -0.05) is 73.8 Å². The highest BCUT2D eigenvalue weighted by Gasteiger charge is 2.45. The van der Waals surface area contributed by atoms with Crippen molar-refractivity contribution in [2.75, 3.05) is 26.4 Å². The third-order valence-corrected chi connectivity index (χ3v) is 11.0. The van der Waals surface area contributed by atoms with E-state index < -0.39 is 81.6 Å². The fourth-order valence-corrected chi connectivity index (χ4v) is 6.43. The highest BCUT2D eigenvalue weighted by Crippen LogP contribution is 2.32. The molecule has 15 heteroatoms. The van der Waals surface area contributed by atoms with Crippen LogP contribution in [0, 0.1) is 16.7 Å². The Morgan fingerprint density at radius 2 is 1.53 bits per heavy atom. The fraction of sp³-hybridized carbons (Fsp3) is 0.824. The molecule has 1 aliphatic carbocycles. The van der Waals surface area contributed by atoms with Crippen molar-refractivity contribution in [3.63, 3.8) is 0 Å². The first-order valence-electron chi connectivity index (χ1n) is 17.2. The summed E-state index contributed by atoms with van der Waals surface area (Å²) >= 11 is 0. The van der Waals surface area contributed by atoms with Crippen molar-refractivity contribution < 1.29 is 36.4 Å². The van der Waals surface area contributed by atoms with Crippen LogP contribution in [0.1, 0.15) is 101 Å². The monoisotopic (exact) mass is 718 g/mol. The smallest absolute Gasteiger partial charge is 0.315 e. The molecule has 49 heavy (non-hydrogen) atoms. The average Bonchev–Trinajstić information content (AvgIpc) is 3.63. The predicted molar refractivity (Wildman–Crippen MR) is 186 cm³/mol. The quantitative estimate of drug-likeness (QED) is 0.213. The van der Waals surface area contributed by atoms with Crippen LogP contribution in [0.15, 0.2) is 11.1 Å². The number of hydrogen-bond donors (Lipinski definition) is 4. The number of nitrogens with zero attached hydrogens (tertiary/aromatic N) is 2. The molecule has 4 atom stereocenters. The van der Waals surface area contributed by atoms with Crippen molar-refractivity contribution >= 4 is 33.8 Å². The number of alkyl halides is 2. The maximum Gasteiger partial charge on any atom is 0.315 e. The molecule has 0 bridgehead atoms. The summed E-state index contributed by atoms with van der Waals surface area (Å²) in [7, 11) is -2.11. The van der Waals surface area contributed by atoms with Gasteiger partial charge < -0.3 is 26.2 Å². The molecule has 2 aliphatic rings. The second kappa shape index (κ2) is 16.9. The van der Waals surface area contributed by atoms with Gasteiger partial charge >= 0.3 is 6.03 Å². The van der Waals surface area contributed by atoms with Gasteiger partial charge in [0, 0.05) is 38.6 Å². The lowest BCUT2D eigenvalue weighted by atomic mass is 9.85. The Labute approximate surface area is 292 Å². The maximum absolute atomic E-state index is 14.4. The number of halogens is 2. The van der Waals surface area contributed by atoms with E-state index in [1.54, 1.807) is 20.8 Å². The number of carbonyl (C=O) groups excluding carboxylic acids is 4. The Bertz CT molecular complexity index is 1340. The first kappa shape index (κ1) is 42.4. The number of carbonyl (C=O) groups is 4. The van der Waals surface area contributed by atoms with Crippen LogP contribution >= 0.6 is 0 Å². The lowest BCUT2D eigenvalue weighted by Crippen LogP contribution is -2.62. The van der Waals surface area contributed by atoms with E-state index in [0.29, 0.717) is 0 Å². The number of amides is 5. The molecule has 0 radical (unpaired) electrons. The third-order valence-electron chi connectivity index (χ3n) is 9.68. The number of hydrogen-bond acceptors (Lipinski definition) is 6. The molecule has 1 aliphatic heterocycles. The van der Waals surface area contributed by atoms with E-state index in [0.717, 1.165) is 47.4 Å². The zero-order chi connectivity index (χ0) is 37.6. The van der Waals surface area contributed by atoms with Crippen LogP contribution < -0.4 is 21.3 Å². The highest BCUT2D eigenvalue weighted by molar-refractivity contribution is 7.88. The molecule has 0 aromatic heterocycles. The van der Waals surface area contributed by atoms with Crippen LogP contribution in [-0.2, 0) is 24.4 Å². The SMILES string of the molecule is CC(=C1C[C@@H](C(=O)N[C@@H](CC(F)F)C(=O)NC2CCCC2)N(C(=O)[C@@H](NC(=O)N[C@H](CN(C)S(C)(=O)=O)C(C)(C)C)C(C)(C)C)C1)C(C)C. The lowest BCUT2D eigenvalue weighted by molar-refractivity contribution is -0.142. The topological polar surface area (TPSA) is 157 Å². The molecule has 0 spiro atoms. The van der Waals surface area contributed by atoms with Crippen LogP contribution in [0.5, 0.6) is 0 Å². The van der Waals surface area contributed by atoms with Gasteiger partial charge in [-0.2, -0.15) is 0 Å². The van der Waals surface area contributed by atoms with Gasteiger partial charge in [0.25, 0.3) is 0 Å². The van der Waals surface area contributed by atoms with Crippen LogP contribution in [0.25, 0.3) is 0 Å². The van der Waals surface area contributed by atoms with Gasteiger partial charge in [0.1, 0.15) is 18.1 Å². The van der Waals surface area contributed by atoms with Gasteiger partial charge in [0.2, 0.25) is 34.2 Å². The molecule has 2 fully saturated rings. The van der Waals surface area contributed by atoms with Gasteiger partial charge in [-0.3, -0.25) is 14.4 Å². The minimum Gasteiger partial charge on any atom is -0.352 e. The second-order valence-electron chi connectivity index (χ2n) is 16.2. The van der Waals surface area contributed by atoms with E-state index in [1.807, 2.05) is 41.5 Å². The third kappa shape index (κ3) is 12.5. The Morgan fingerprint density at radius 1 is 0.959 bits per heavy atom. The van der Waals surface area contributed by atoms with Crippen molar-refractivity contribution in [1.29, 1.82) is 0 Å². The number of nitrogens with one attached hydrogen (secondary N) is 4. The number of allylic oxidation sites excluding steroid dienone is 1. The molecule has 4 N–H and O–H groups in total. The second-order valence-corrected chi connectivity index (χ2v) is 18.3. The lowest BCUT2D eigenvalue weighted by Gasteiger charge is -2.37. The van der Waals surface area contributed by atoms with E-state index in [9.17, 15) is 36.4 Å². The van der Waals surface area contributed by atoms with Crippen molar-refractivity contribution in [3.05, 3.63) is 11.1 Å². The first-order chi connectivity index (χ1) is 22.3. The minimum absolute atomic E-state index is 0.00496. The zero-order valence-corrected chi connectivity index (χ0v) is 32.0. The van der Waals surface area contributed by atoms with Crippen molar-refractivity contribution in [1.82, 2.24) is 30.5 Å². The van der Waals surface area contributed by atoms with Crippen LogP contribution in [-0.4, -0.2) is 104 Å². The number of sulfonamides is 1. The van der Waals surface area contributed by atoms with E-state index >= 15 is 0 Å². The van der Waals surface area contributed by atoms with E-state index in [1.165, 1.54) is 11.9 Å². The normalized spacial score (nSPS) is 20.7. The summed E-state index contributed by atoms with van der Waals surface area (Å²) in [5.74, 6) is -1.83. The highest BCUT2D eigenvalue weighted by atomic mass is 32.2. The molecule has 5 amide bonds. The van der Waals surface area contributed by atoms with E-state index in [-0.39, 0.29) is 31.5 Å². The number of likely N-dealkylation sites (N-methyl/N-ethyl adjacent to an activating group) is 1. The van der Waals surface area contributed by atoms with E-state index in [2.05, 4.69) is 21.3 Å². The molecule has 1 heterocycles. The van der Waals surface area contributed by atoms with Crippen molar-refractivity contribution in [3.8, 4) is 0 Å². The standard InChI is InChI=1S/C34H60F2N6O6S/c1-20(2)21(3)22-16-25(30(44)38-24(17-27(35)36)29(43)37-23-14-12-13-15-23)42(18-22)31(45)28(34(7,8)9)40-32(46)39-26(33(4,5)6)19-41(10)49(11,47)48/h20,23-28H,12-19H2,1-11H3,(H,37,43)(H,38,44)(H2,39,40,46)/t24-,25-,26+,28+/m0/s1. The molecule has 1 saturated carbocycles. The van der Waals surface area contributed by atoms with Crippen LogP contribution in [0.3, 0.4) is 0 Å². The summed E-state index contributed by atoms with van der Waals surface area (Å²) in [5.41, 5.74) is 0.438. The molecule has 282 valence electrons. The van der Waals surface area contributed by atoms with Crippen molar-refractivity contribution in [2.24, 2.45) is 16.7 Å². The average molecular weight is 719 g/mol.